The number of pyridine rings is 1. The molecule has 38 heavy (non-hydrogen) atoms. The van der Waals surface area contributed by atoms with Crippen LogP contribution in [0, 0.1) is 17.7 Å². The van der Waals surface area contributed by atoms with E-state index < -0.39 is 40.9 Å². The van der Waals surface area contributed by atoms with Crippen molar-refractivity contribution in [1.29, 1.82) is 0 Å². The third kappa shape index (κ3) is 4.97. The van der Waals surface area contributed by atoms with Gasteiger partial charge in [-0.2, -0.15) is 13.2 Å². The van der Waals surface area contributed by atoms with Crippen LogP contribution in [0.2, 0.25) is 5.02 Å². The zero-order valence-electron chi connectivity index (χ0n) is 18.9. The van der Waals surface area contributed by atoms with E-state index in [1.807, 2.05) is 0 Å². The number of rotatable bonds is 4. The van der Waals surface area contributed by atoms with E-state index in [0.29, 0.717) is 11.5 Å². The molecule has 1 aliphatic heterocycles. The molecule has 4 aromatic rings. The number of halogens is 6. The standard InChI is InChI=1S/C26H14ClF5N3O2.Re/c1-11(13-6-14(26(30,31)32)9-16(29)7-13)33-19-8-12-2-5-20(36)34-23(12)22-21(19)24(35-25(22)37)17-10-15(28)3-4-18(17)27;/h3-10,24,33H,1H2,(H,34,36)(H,35,37);/q-1;. The van der Waals surface area contributed by atoms with Gasteiger partial charge < -0.3 is 20.4 Å². The minimum atomic E-state index is -4.79. The Morgan fingerprint density at radius 1 is 1.05 bits per heavy atom. The summed E-state index contributed by atoms with van der Waals surface area (Å²) in [6, 6.07) is 9.90. The quantitative estimate of drug-likeness (QED) is 0.174. The number of aromatic amines is 1. The van der Waals surface area contributed by atoms with Gasteiger partial charge in [0.1, 0.15) is 11.6 Å². The van der Waals surface area contributed by atoms with Gasteiger partial charge in [0.15, 0.2) is 5.56 Å². The van der Waals surface area contributed by atoms with Crippen LogP contribution in [-0.2, 0) is 26.6 Å². The zero-order valence-corrected chi connectivity index (χ0v) is 22.3. The van der Waals surface area contributed by atoms with E-state index in [0.717, 1.165) is 30.3 Å². The van der Waals surface area contributed by atoms with E-state index in [1.165, 1.54) is 12.1 Å². The molecule has 1 atom stereocenters. The van der Waals surface area contributed by atoms with Gasteiger partial charge in [-0.1, -0.05) is 24.2 Å². The molecule has 5 nitrogen and oxygen atoms in total. The average Bonchev–Trinajstić information content (AvgIpc) is 3.17. The summed E-state index contributed by atoms with van der Waals surface area (Å²) < 4.78 is 67.8. The number of aromatic nitrogens is 1. The van der Waals surface area contributed by atoms with Gasteiger partial charge in [0, 0.05) is 53.5 Å². The van der Waals surface area contributed by atoms with Crippen LogP contribution in [0.1, 0.15) is 38.7 Å². The maximum Gasteiger partial charge on any atom is 0.416 e. The Hall–Kier alpha value is -3.52. The Labute approximate surface area is 230 Å². The number of anilines is 1. The van der Waals surface area contributed by atoms with E-state index in [2.05, 4.69) is 28.3 Å². The molecule has 1 unspecified atom stereocenters. The molecule has 2 heterocycles. The van der Waals surface area contributed by atoms with Gasteiger partial charge in [0.25, 0.3) is 0 Å². The van der Waals surface area contributed by atoms with Gasteiger partial charge in [-0.15, -0.1) is 17.5 Å². The van der Waals surface area contributed by atoms with Crippen molar-refractivity contribution < 1.29 is 47.2 Å². The maximum atomic E-state index is 14.1. The van der Waals surface area contributed by atoms with Gasteiger partial charge >= 0.3 is 6.18 Å². The SMILES string of the molecule is C=C(Nc1cc2[c-]cc(=O)[nH]c2c2c1C(c1cc(F)ccc1Cl)NC2=O)c1cc(F)cc(C(F)(F)F)c1.[Re]. The molecule has 5 rings (SSSR count). The third-order valence-corrected chi connectivity index (χ3v) is 6.24. The molecule has 0 fully saturated rings. The van der Waals surface area contributed by atoms with Gasteiger partial charge in [-0.25, -0.2) is 8.78 Å². The number of nitrogens with one attached hydrogen (secondary N) is 3. The second-order valence-electron chi connectivity index (χ2n) is 8.32. The smallest absolute Gasteiger partial charge is 0.401 e. The van der Waals surface area contributed by atoms with Crippen LogP contribution >= 0.6 is 11.6 Å². The molecule has 12 heteroatoms. The Bertz CT molecular complexity index is 1690. The van der Waals surface area contributed by atoms with Crippen molar-refractivity contribution in [1.82, 2.24) is 10.3 Å². The number of hydrogen-bond donors (Lipinski definition) is 3. The van der Waals surface area contributed by atoms with Crippen molar-refractivity contribution in [2.45, 2.75) is 12.2 Å². The van der Waals surface area contributed by atoms with Crippen LogP contribution < -0.4 is 16.2 Å². The zero-order chi connectivity index (χ0) is 26.6. The van der Waals surface area contributed by atoms with Gasteiger partial charge in [-0.05, 0) is 47.5 Å². The van der Waals surface area contributed by atoms with E-state index in [9.17, 15) is 31.5 Å². The van der Waals surface area contributed by atoms with Gasteiger partial charge in [-0.3, -0.25) is 4.79 Å². The second kappa shape index (κ2) is 9.98. The van der Waals surface area contributed by atoms with Crippen molar-refractivity contribution in [3.8, 4) is 0 Å². The normalized spacial score (nSPS) is 14.6. The van der Waals surface area contributed by atoms with Gasteiger partial charge in [0.2, 0.25) is 5.91 Å². The summed E-state index contributed by atoms with van der Waals surface area (Å²) >= 11 is 6.30. The minimum Gasteiger partial charge on any atom is -0.401 e. The van der Waals surface area contributed by atoms with Crippen LogP contribution in [0.25, 0.3) is 16.6 Å². The number of amides is 1. The number of hydrogen-bond acceptors (Lipinski definition) is 3. The summed E-state index contributed by atoms with van der Waals surface area (Å²) in [5, 5.41) is 5.99. The van der Waals surface area contributed by atoms with Crippen molar-refractivity contribution in [2.75, 3.05) is 5.32 Å². The Balaban J connectivity index is 0.00000336. The number of benzene rings is 3. The maximum absolute atomic E-state index is 14.1. The van der Waals surface area contributed by atoms with Crippen molar-refractivity contribution in [2.24, 2.45) is 0 Å². The number of H-pyrrole nitrogens is 1. The second-order valence-corrected chi connectivity index (χ2v) is 8.72. The van der Waals surface area contributed by atoms with Crippen LogP contribution in [0.15, 0.2) is 59.9 Å². The molecule has 1 aromatic heterocycles. The summed E-state index contributed by atoms with van der Waals surface area (Å²) in [6.45, 7) is 3.75. The van der Waals surface area contributed by atoms with Crippen LogP contribution in [-0.4, -0.2) is 10.9 Å². The predicted molar refractivity (Wildman–Crippen MR) is 128 cm³/mol. The summed E-state index contributed by atoms with van der Waals surface area (Å²) in [4.78, 5) is 27.6. The molecule has 3 aromatic carbocycles. The first-order valence-corrected chi connectivity index (χ1v) is 11.0. The molecule has 3 N–H and O–H groups in total. The van der Waals surface area contributed by atoms with Crippen molar-refractivity contribution in [3.05, 3.63) is 116 Å². The number of carbonyl (C=O) groups is 1. The van der Waals surface area contributed by atoms with Crippen molar-refractivity contribution in [3.63, 3.8) is 0 Å². The van der Waals surface area contributed by atoms with Crippen LogP contribution in [0.5, 0.6) is 0 Å². The molecule has 0 spiro atoms. The minimum absolute atomic E-state index is 0. The first-order valence-electron chi connectivity index (χ1n) is 10.6. The summed E-state index contributed by atoms with van der Waals surface area (Å²) in [5.41, 5.74) is -1.25. The van der Waals surface area contributed by atoms with Gasteiger partial charge in [0.05, 0.1) is 11.6 Å². The third-order valence-electron chi connectivity index (χ3n) is 5.89. The summed E-state index contributed by atoms with van der Waals surface area (Å²) in [7, 11) is 0. The van der Waals surface area contributed by atoms with Crippen LogP contribution in [0.3, 0.4) is 0 Å². The molecular weight excluding hydrogens is 703 g/mol. The van der Waals surface area contributed by atoms with E-state index in [1.54, 1.807) is 0 Å². The first-order chi connectivity index (χ1) is 17.4. The molecule has 0 bridgehead atoms. The Kier molecular flexibility index (Phi) is 7.23. The summed E-state index contributed by atoms with van der Waals surface area (Å²) in [6.07, 6.45) is -4.79. The molecule has 0 saturated carbocycles. The average molecular weight is 717 g/mol. The fourth-order valence-electron chi connectivity index (χ4n) is 4.29. The van der Waals surface area contributed by atoms with Crippen molar-refractivity contribution >= 4 is 39.8 Å². The largest absolute Gasteiger partial charge is 0.416 e. The fourth-order valence-corrected chi connectivity index (χ4v) is 4.52. The topological polar surface area (TPSA) is 74.0 Å². The van der Waals surface area contributed by atoms with E-state index in [4.69, 9.17) is 11.6 Å². The molecule has 1 radical (unpaired) electrons. The van der Waals surface area contributed by atoms with Crippen LogP contribution in [0.4, 0.5) is 27.6 Å². The van der Waals surface area contributed by atoms with E-state index >= 15 is 0 Å². The van der Waals surface area contributed by atoms with E-state index in [-0.39, 0.29) is 64.6 Å². The Morgan fingerprint density at radius 3 is 2.50 bits per heavy atom. The number of alkyl halides is 3. The molecule has 195 valence electrons. The predicted octanol–water partition coefficient (Wildman–Crippen LogP) is 6.19. The summed E-state index contributed by atoms with van der Waals surface area (Å²) in [5.74, 6) is -2.35. The number of fused-ring (bicyclic) bond motifs is 3. The monoisotopic (exact) mass is 717 g/mol. The molecule has 0 aliphatic carbocycles. The number of carbonyl (C=O) groups excluding carboxylic acids is 1. The Morgan fingerprint density at radius 2 is 1.79 bits per heavy atom. The fraction of sp³-hybridized carbons (Fsp3) is 0.0769. The molecule has 1 amide bonds. The molecule has 1 aliphatic rings. The first kappa shape index (κ1) is 27.5. The molecule has 0 saturated heterocycles. The molecular formula is C26H14ClF5N3O2Re-.